The van der Waals surface area contributed by atoms with Gasteiger partial charge in [0.05, 0.1) is 0 Å². The number of nitrogens with zero attached hydrogens (tertiary/aromatic N) is 1. The van der Waals surface area contributed by atoms with Crippen molar-refractivity contribution < 1.29 is 4.79 Å². The molecule has 0 aromatic rings. The van der Waals surface area contributed by atoms with Crippen LogP contribution >= 0.6 is 0 Å². The molecule has 0 heterocycles. The lowest BCUT2D eigenvalue weighted by Gasteiger charge is -2.25. The van der Waals surface area contributed by atoms with Crippen LogP contribution in [0.2, 0.25) is 0 Å². The molecule has 3 aliphatic carbocycles. The van der Waals surface area contributed by atoms with E-state index in [1.54, 1.807) is 0 Å². The first-order chi connectivity index (χ1) is 10.7. The molecule has 118 valence electrons. The average Bonchev–Trinajstić information content (AvgIpc) is 2.52. The second-order valence-electron chi connectivity index (χ2n) is 6.74. The van der Waals surface area contributed by atoms with Crippen LogP contribution in [0.3, 0.4) is 0 Å². The van der Waals surface area contributed by atoms with E-state index < -0.39 is 0 Å². The van der Waals surface area contributed by atoms with E-state index in [0.717, 1.165) is 18.6 Å². The highest BCUT2D eigenvalue weighted by molar-refractivity contribution is 6.42. The Balaban J connectivity index is 1.83. The van der Waals surface area contributed by atoms with Crippen molar-refractivity contribution in [3.8, 4) is 0 Å². The number of Topliss-reactive ketones (excluding diaryl/α,β-unsaturated/α-hetero) is 1. The van der Waals surface area contributed by atoms with Crippen LogP contribution in [0, 0.1) is 11.8 Å². The molecular formula is C19H26N2O. The number of hydrogen-bond donors (Lipinski definition) is 1. The molecule has 1 saturated carbocycles. The quantitative estimate of drug-likeness (QED) is 0.785. The standard InChI is InChI=1S/C19H26N2O/c1-14-13-15-7-5-6-8-16(12-11-15)18(19(14)22)21-20-17-9-3-2-4-10-17/h5-8,13-14,16-17,20H,2-4,9-12H2,1H3/b7-5-,8-6-,15-13?,21-18-. The van der Waals surface area contributed by atoms with E-state index in [1.165, 1.54) is 37.7 Å². The second-order valence-corrected chi connectivity index (χ2v) is 6.74. The lowest BCUT2D eigenvalue weighted by atomic mass is 9.83. The van der Waals surface area contributed by atoms with Gasteiger partial charge in [0.25, 0.3) is 0 Å². The number of allylic oxidation sites excluding steroid dienone is 6. The molecule has 1 N–H and O–H groups in total. The zero-order valence-electron chi connectivity index (χ0n) is 13.4. The van der Waals surface area contributed by atoms with Crippen LogP contribution in [0.15, 0.2) is 41.1 Å². The Bertz CT molecular complexity index is 536. The van der Waals surface area contributed by atoms with Crippen molar-refractivity contribution in [1.82, 2.24) is 5.43 Å². The predicted molar refractivity (Wildman–Crippen MR) is 90.7 cm³/mol. The van der Waals surface area contributed by atoms with E-state index >= 15 is 0 Å². The van der Waals surface area contributed by atoms with Gasteiger partial charge < -0.3 is 5.43 Å². The third-order valence-electron chi connectivity index (χ3n) is 4.96. The summed E-state index contributed by atoms with van der Waals surface area (Å²) in [5.41, 5.74) is 5.30. The van der Waals surface area contributed by atoms with Crippen molar-refractivity contribution in [3.05, 3.63) is 36.0 Å². The molecule has 0 saturated heterocycles. The summed E-state index contributed by atoms with van der Waals surface area (Å²) in [7, 11) is 0. The van der Waals surface area contributed by atoms with Gasteiger partial charge in [0.1, 0.15) is 5.71 Å². The highest BCUT2D eigenvalue weighted by atomic mass is 16.1. The van der Waals surface area contributed by atoms with Gasteiger partial charge in [-0.3, -0.25) is 4.79 Å². The van der Waals surface area contributed by atoms with Crippen LogP contribution in [-0.2, 0) is 4.79 Å². The maximum Gasteiger partial charge on any atom is 0.185 e. The average molecular weight is 298 g/mol. The summed E-state index contributed by atoms with van der Waals surface area (Å²) in [6, 6.07) is 0.443. The maximum absolute atomic E-state index is 12.8. The van der Waals surface area contributed by atoms with Crippen molar-refractivity contribution in [1.29, 1.82) is 0 Å². The summed E-state index contributed by atoms with van der Waals surface area (Å²) < 4.78 is 0. The largest absolute Gasteiger partial charge is 0.307 e. The Kier molecular flexibility index (Phi) is 4.91. The van der Waals surface area contributed by atoms with Crippen LogP contribution < -0.4 is 5.43 Å². The van der Waals surface area contributed by atoms with Gasteiger partial charge in [-0.15, -0.1) is 0 Å². The minimum Gasteiger partial charge on any atom is -0.307 e. The number of rotatable bonds is 2. The van der Waals surface area contributed by atoms with E-state index in [1.807, 2.05) is 6.92 Å². The Labute approximate surface area is 133 Å². The minimum absolute atomic E-state index is 0.0825. The minimum atomic E-state index is -0.0825. The number of carbonyl (C=O) groups excluding carboxylic acids is 1. The molecule has 0 spiro atoms. The maximum atomic E-state index is 12.8. The van der Waals surface area contributed by atoms with Gasteiger partial charge in [-0.25, -0.2) is 0 Å². The van der Waals surface area contributed by atoms with Gasteiger partial charge in [-0.1, -0.05) is 62.1 Å². The molecule has 3 nitrogen and oxygen atoms in total. The van der Waals surface area contributed by atoms with Crippen molar-refractivity contribution in [3.63, 3.8) is 0 Å². The molecule has 0 radical (unpaired) electrons. The number of ketones is 1. The van der Waals surface area contributed by atoms with E-state index in [-0.39, 0.29) is 17.6 Å². The normalized spacial score (nSPS) is 34.3. The highest BCUT2D eigenvalue weighted by Crippen LogP contribution is 2.26. The van der Waals surface area contributed by atoms with Gasteiger partial charge in [0, 0.05) is 17.9 Å². The first-order valence-electron chi connectivity index (χ1n) is 8.67. The van der Waals surface area contributed by atoms with Gasteiger partial charge in [-0.2, -0.15) is 5.10 Å². The molecule has 3 rings (SSSR count). The molecule has 3 aliphatic rings. The van der Waals surface area contributed by atoms with E-state index in [0.29, 0.717) is 6.04 Å². The Hall–Kier alpha value is -1.64. The lowest BCUT2D eigenvalue weighted by Crippen LogP contribution is -2.34. The van der Waals surface area contributed by atoms with Gasteiger partial charge in [0.2, 0.25) is 0 Å². The summed E-state index contributed by atoms with van der Waals surface area (Å²) in [5.74, 6) is 0.228. The monoisotopic (exact) mass is 298 g/mol. The summed E-state index contributed by atoms with van der Waals surface area (Å²) in [5, 5.41) is 4.60. The smallest absolute Gasteiger partial charge is 0.185 e. The molecule has 2 unspecified atom stereocenters. The first-order valence-corrected chi connectivity index (χ1v) is 8.67. The molecule has 22 heavy (non-hydrogen) atoms. The summed E-state index contributed by atoms with van der Waals surface area (Å²) in [6.45, 7) is 1.99. The van der Waals surface area contributed by atoms with Crippen LogP contribution in [0.1, 0.15) is 51.9 Å². The zero-order valence-corrected chi connectivity index (χ0v) is 13.4. The summed E-state index contributed by atoms with van der Waals surface area (Å²) >= 11 is 0. The molecule has 0 aromatic heterocycles. The zero-order chi connectivity index (χ0) is 15.4. The van der Waals surface area contributed by atoms with Crippen molar-refractivity contribution in [2.45, 2.75) is 57.9 Å². The summed E-state index contributed by atoms with van der Waals surface area (Å²) in [4.78, 5) is 12.8. The highest BCUT2D eigenvalue weighted by Gasteiger charge is 2.28. The topological polar surface area (TPSA) is 41.5 Å². The number of hydrogen-bond acceptors (Lipinski definition) is 3. The van der Waals surface area contributed by atoms with Crippen molar-refractivity contribution in [2.24, 2.45) is 16.9 Å². The van der Waals surface area contributed by atoms with Crippen molar-refractivity contribution >= 4 is 11.5 Å². The van der Waals surface area contributed by atoms with E-state index in [4.69, 9.17) is 0 Å². The predicted octanol–water partition coefficient (Wildman–Crippen LogP) is 3.93. The summed E-state index contributed by atoms with van der Waals surface area (Å²) in [6.07, 6.45) is 18.7. The van der Waals surface area contributed by atoms with Crippen LogP contribution in [0.25, 0.3) is 0 Å². The Morgan fingerprint density at radius 2 is 1.95 bits per heavy atom. The molecule has 2 atom stereocenters. The Morgan fingerprint density at radius 1 is 1.14 bits per heavy atom. The fraction of sp³-hybridized carbons (Fsp3) is 0.579. The molecule has 0 aromatic carbocycles. The fourth-order valence-corrected chi connectivity index (χ4v) is 3.59. The van der Waals surface area contributed by atoms with Crippen LogP contribution in [-0.4, -0.2) is 17.5 Å². The van der Waals surface area contributed by atoms with Gasteiger partial charge in [0.15, 0.2) is 5.78 Å². The lowest BCUT2D eigenvalue weighted by molar-refractivity contribution is -0.115. The molecular weight excluding hydrogens is 272 g/mol. The first kappa shape index (κ1) is 15.3. The van der Waals surface area contributed by atoms with Gasteiger partial charge in [-0.05, 0) is 25.7 Å². The SMILES string of the molecule is CC1C=C2/C=C\C=C/C(CC2)/C(=N/NC2CCCCC2)C1=O. The number of hydrazone groups is 1. The third kappa shape index (κ3) is 3.57. The second kappa shape index (κ2) is 7.08. The molecule has 0 aliphatic heterocycles. The number of fused-ring (bicyclic) bond motifs is 3. The van der Waals surface area contributed by atoms with Crippen LogP contribution in [0.5, 0.6) is 0 Å². The van der Waals surface area contributed by atoms with Crippen LogP contribution in [0.4, 0.5) is 0 Å². The number of nitrogens with one attached hydrogen (secondary N) is 1. The molecule has 1 fully saturated rings. The van der Waals surface area contributed by atoms with E-state index in [2.05, 4.69) is 40.9 Å². The van der Waals surface area contributed by atoms with Gasteiger partial charge >= 0.3 is 0 Å². The van der Waals surface area contributed by atoms with Crippen molar-refractivity contribution in [2.75, 3.05) is 0 Å². The number of carbonyl (C=O) groups is 1. The molecule has 3 heteroatoms. The molecule has 0 amide bonds. The third-order valence-corrected chi connectivity index (χ3v) is 4.96. The van der Waals surface area contributed by atoms with E-state index in [9.17, 15) is 4.79 Å². The fourth-order valence-electron chi connectivity index (χ4n) is 3.59. The Morgan fingerprint density at radius 3 is 2.77 bits per heavy atom. The molecule has 2 bridgehead atoms.